The molecule has 2 aromatic carbocycles. The number of aliphatic hydroxyl groups is 1. The maximum atomic E-state index is 13.1. The van der Waals surface area contributed by atoms with Gasteiger partial charge in [0.25, 0.3) is 5.78 Å². The number of aryl methyl sites for hydroxylation is 2. The van der Waals surface area contributed by atoms with Gasteiger partial charge in [0, 0.05) is 11.6 Å². The van der Waals surface area contributed by atoms with Gasteiger partial charge in [0.05, 0.1) is 11.6 Å². The lowest BCUT2D eigenvalue weighted by Crippen LogP contribution is -2.29. The predicted octanol–water partition coefficient (Wildman–Crippen LogP) is 5.04. The normalized spacial score (nSPS) is 18.2. The Hall–Kier alpha value is -3.67. The van der Waals surface area contributed by atoms with Gasteiger partial charge < -0.3 is 9.63 Å². The molecular formula is C25H24N2O4. The Bertz CT molecular complexity index is 1170. The third kappa shape index (κ3) is 3.65. The molecule has 1 N–H and O–H groups in total. The highest BCUT2D eigenvalue weighted by Crippen LogP contribution is 2.42. The molecule has 1 aliphatic rings. The van der Waals surface area contributed by atoms with Crippen LogP contribution in [0.15, 0.2) is 64.7 Å². The zero-order chi connectivity index (χ0) is 22.3. The van der Waals surface area contributed by atoms with Crippen molar-refractivity contribution in [3.05, 3.63) is 88.2 Å². The number of amides is 1. The molecular weight excluding hydrogens is 392 g/mol. The van der Waals surface area contributed by atoms with Crippen LogP contribution in [-0.2, 0) is 9.59 Å². The summed E-state index contributed by atoms with van der Waals surface area (Å²) in [5.74, 6) is -0.619. The van der Waals surface area contributed by atoms with Crippen molar-refractivity contribution in [2.24, 2.45) is 0 Å². The van der Waals surface area contributed by atoms with Crippen molar-refractivity contribution in [3.8, 4) is 0 Å². The SMILES string of the molecule is Cc1ccc(C(O)=C2C(=O)C(=O)N(c3cc(C)on3)C2c2ccc(C(C)C)cc2)cc1. The summed E-state index contributed by atoms with van der Waals surface area (Å²) < 4.78 is 5.16. The molecule has 3 aromatic rings. The number of hydrogen-bond acceptors (Lipinski definition) is 5. The highest BCUT2D eigenvalue weighted by Gasteiger charge is 2.48. The molecule has 0 radical (unpaired) electrons. The fraction of sp³-hybridized carbons (Fsp3) is 0.240. The number of ketones is 1. The molecule has 2 heterocycles. The van der Waals surface area contributed by atoms with Crippen molar-refractivity contribution in [2.45, 2.75) is 39.7 Å². The highest BCUT2D eigenvalue weighted by atomic mass is 16.5. The summed E-state index contributed by atoms with van der Waals surface area (Å²) in [6.07, 6.45) is 0. The van der Waals surface area contributed by atoms with Crippen LogP contribution in [0.5, 0.6) is 0 Å². The molecule has 1 unspecified atom stereocenters. The van der Waals surface area contributed by atoms with Crippen molar-refractivity contribution < 1.29 is 19.2 Å². The van der Waals surface area contributed by atoms with Crippen LogP contribution in [0.25, 0.3) is 5.76 Å². The number of anilines is 1. The lowest BCUT2D eigenvalue weighted by molar-refractivity contribution is -0.132. The molecule has 0 aliphatic carbocycles. The highest BCUT2D eigenvalue weighted by molar-refractivity contribution is 6.51. The largest absolute Gasteiger partial charge is 0.507 e. The van der Waals surface area contributed by atoms with E-state index in [2.05, 4.69) is 19.0 Å². The van der Waals surface area contributed by atoms with Gasteiger partial charge >= 0.3 is 5.91 Å². The number of benzene rings is 2. The number of Topliss-reactive ketones (excluding diaryl/α,β-unsaturated/α-hetero) is 1. The Morgan fingerprint density at radius 2 is 1.68 bits per heavy atom. The maximum Gasteiger partial charge on any atom is 0.301 e. The van der Waals surface area contributed by atoms with E-state index >= 15 is 0 Å². The van der Waals surface area contributed by atoms with E-state index in [-0.39, 0.29) is 17.2 Å². The van der Waals surface area contributed by atoms with E-state index in [1.807, 2.05) is 43.3 Å². The molecule has 1 fully saturated rings. The average Bonchev–Trinajstić information content (AvgIpc) is 3.29. The molecule has 1 atom stereocenters. The number of aliphatic hydroxyl groups excluding tert-OH is 1. The van der Waals surface area contributed by atoms with Gasteiger partial charge in [0.1, 0.15) is 11.5 Å². The fourth-order valence-corrected chi connectivity index (χ4v) is 3.78. The molecule has 6 heteroatoms. The Kier molecular flexibility index (Phi) is 5.23. The van der Waals surface area contributed by atoms with E-state index in [0.717, 1.165) is 11.1 Å². The molecule has 158 valence electrons. The number of nitrogens with zero attached hydrogens (tertiary/aromatic N) is 2. The first-order chi connectivity index (χ1) is 14.8. The second-order valence-electron chi connectivity index (χ2n) is 8.15. The second kappa shape index (κ2) is 7.87. The number of carbonyl (C=O) groups is 2. The quantitative estimate of drug-likeness (QED) is 0.366. The summed E-state index contributed by atoms with van der Waals surface area (Å²) in [7, 11) is 0. The van der Waals surface area contributed by atoms with E-state index < -0.39 is 17.7 Å². The third-order valence-electron chi connectivity index (χ3n) is 5.55. The lowest BCUT2D eigenvalue weighted by Gasteiger charge is -2.23. The van der Waals surface area contributed by atoms with Crippen molar-refractivity contribution in [1.82, 2.24) is 5.16 Å². The van der Waals surface area contributed by atoms with Crippen LogP contribution >= 0.6 is 0 Å². The van der Waals surface area contributed by atoms with E-state index in [0.29, 0.717) is 22.8 Å². The number of carbonyl (C=O) groups excluding carboxylic acids is 2. The summed E-state index contributed by atoms with van der Waals surface area (Å²) in [6.45, 7) is 7.84. The lowest BCUT2D eigenvalue weighted by atomic mass is 9.93. The van der Waals surface area contributed by atoms with Crippen LogP contribution < -0.4 is 4.90 Å². The summed E-state index contributed by atoms with van der Waals surface area (Å²) in [6, 6.07) is 15.7. The predicted molar refractivity (Wildman–Crippen MR) is 118 cm³/mol. The van der Waals surface area contributed by atoms with E-state index in [9.17, 15) is 14.7 Å². The monoisotopic (exact) mass is 416 g/mol. The van der Waals surface area contributed by atoms with Crippen LogP contribution in [0, 0.1) is 13.8 Å². The zero-order valence-electron chi connectivity index (χ0n) is 17.9. The fourth-order valence-electron chi connectivity index (χ4n) is 3.78. The van der Waals surface area contributed by atoms with Crippen molar-refractivity contribution in [2.75, 3.05) is 4.90 Å². The Morgan fingerprint density at radius 3 is 2.23 bits per heavy atom. The van der Waals surface area contributed by atoms with Crippen LogP contribution in [0.4, 0.5) is 5.82 Å². The van der Waals surface area contributed by atoms with Crippen LogP contribution in [0.3, 0.4) is 0 Å². The van der Waals surface area contributed by atoms with Gasteiger partial charge in [-0.3, -0.25) is 14.5 Å². The summed E-state index contributed by atoms with van der Waals surface area (Å²) in [4.78, 5) is 27.4. The first-order valence-corrected chi connectivity index (χ1v) is 10.2. The molecule has 1 saturated heterocycles. The molecule has 1 aliphatic heterocycles. The topological polar surface area (TPSA) is 83.6 Å². The number of aromatic nitrogens is 1. The summed E-state index contributed by atoms with van der Waals surface area (Å²) >= 11 is 0. The molecule has 1 aromatic heterocycles. The summed E-state index contributed by atoms with van der Waals surface area (Å²) in [5.41, 5.74) is 3.38. The molecule has 0 saturated carbocycles. The minimum atomic E-state index is -0.813. The standard InChI is InChI=1S/C25H24N2O4/c1-14(2)17-9-11-18(12-10-17)22-21(23(28)19-7-5-15(3)6-8-19)24(29)25(30)27(22)20-13-16(4)31-26-20/h5-14,22,28H,1-4H3. The van der Waals surface area contributed by atoms with Gasteiger partial charge in [0.15, 0.2) is 5.82 Å². The average molecular weight is 416 g/mol. The molecule has 6 nitrogen and oxygen atoms in total. The Morgan fingerprint density at radius 1 is 1.03 bits per heavy atom. The van der Waals surface area contributed by atoms with Gasteiger partial charge in [-0.15, -0.1) is 0 Å². The molecule has 31 heavy (non-hydrogen) atoms. The van der Waals surface area contributed by atoms with E-state index in [4.69, 9.17) is 4.52 Å². The second-order valence-corrected chi connectivity index (χ2v) is 8.15. The summed E-state index contributed by atoms with van der Waals surface area (Å²) in [5, 5.41) is 15.0. The van der Waals surface area contributed by atoms with Crippen LogP contribution in [0.2, 0.25) is 0 Å². The maximum absolute atomic E-state index is 13.1. The molecule has 0 bridgehead atoms. The Labute approximate surface area is 180 Å². The van der Waals surface area contributed by atoms with Crippen molar-refractivity contribution >= 4 is 23.3 Å². The Balaban J connectivity index is 1.91. The van der Waals surface area contributed by atoms with Gasteiger partial charge in [-0.05, 0) is 30.9 Å². The van der Waals surface area contributed by atoms with Gasteiger partial charge in [0.2, 0.25) is 0 Å². The van der Waals surface area contributed by atoms with Gasteiger partial charge in [-0.2, -0.15) is 0 Å². The first-order valence-electron chi connectivity index (χ1n) is 10.2. The molecule has 4 rings (SSSR count). The first kappa shape index (κ1) is 20.6. The van der Waals surface area contributed by atoms with Gasteiger partial charge in [-0.1, -0.05) is 73.1 Å². The molecule has 1 amide bonds. The minimum absolute atomic E-state index is 0.0341. The van der Waals surface area contributed by atoms with Crippen LogP contribution in [-0.4, -0.2) is 22.0 Å². The third-order valence-corrected chi connectivity index (χ3v) is 5.55. The molecule has 0 spiro atoms. The van der Waals surface area contributed by atoms with Crippen LogP contribution in [0.1, 0.15) is 53.8 Å². The van der Waals surface area contributed by atoms with Crippen molar-refractivity contribution in [3.63, 3.8) is 0 Å². The van der Waals surface area contributed by atoms with E-state index in [1.165, 1.54) is 4.90 Å². The van der Waals surface area contributed by atoms with Crippen molar-refractivity contribution in [1.29, 1.82) is 0 Å². The number of hydrogen-bond donors (Lipinski definition) is 1. The minimum Gasteiger partial charge on any atom is -0.507 e. The smallest absolute Gasteiger partial charge is 0.301 e. The zero-order valence-corrected chi connectivity index (χ0v) is 17.9. The van der Waals surface area contributed by atoms with Gasteiger partial charge in [-0.25, -0.2) is 0 Å². The number of rotatable bonds is 4. The van der Waals surface area contributed by atoms with E-state index in [1.54, 1.807) is 25.1 Å².